The molecular formula is C30H36B2. The second-order valence-electron chi connectivity index (χ2n) is 10.5. The molecule has 1 aromatic carbocycles. The molecule has 0 nitrogen and oxygen atoms in total. The first kappa shape index (κ1) is 21.9. The van der Waals surface area contributed by atoms with Crippen LogP contribution in [-0.4, -0.2) is 13.8 Å². The molecule has 2 aliphatic carbocycles. The molecule has 5 unspecified atom stereocenters. The Kier molecular flexibility index (Phi) is 7.37. The van der Waals surface area contributed by atoms with Crippen LogP contribution in [0.1, 0.15) is 92.0 Å². The van der Waals surface area contributed by atoms with Gasteiger partial charge in [-0.15, -0.1) is 0 Å². The van der Waals surface area contributed by atoms with E-state index in [0.29, 0.717) is 0 Å². The Bertz CT molecular complexity index is 940. The third-order valence-corrected chi connectivity index (χ3v) is 8.44. The second-order valence-corrected chi connectivity index (χ2v) is 10.5. The fourth-order valence-corrected chi connectivity index (χ4v) is 6.67. The van der Waals surface area contributed by atoms with Crippen molar-refractivity contribution in [1.82, 2.24) is 0 Å². The molecule has 0 N–H and O–H groups in total. The van der Waals surface area contributed by atoms with Crippen molar-refractivity contribution in [1.29, 1.82) is 0 Å². The normalized spacial score (nSPS) is 26.0. The van der Waals surface area contributed by atoms with Gasteiger partial charge in [0.2, 0.25) is 0 Å². The average Bonchev–Trinajstić information content (AvgIpc) is 3.53. The number of rotatable bonds is 8. The van der Waals surface area contributed by atoms with Crippen LogP contribution in [0.15, 0.2) is 78.7 Å². The van der Waals surface area contributed by atoms with Crippen molar-refractivity contribution in [3.8, 4) is 0 Å². The molecule has 0 amide bonds. The standard InChI is InChI=1S/C30H36B2/c1-2-8-25(9-3-1)26(21-24-14-17-28(22-24)30-11-5-7-19-32-30)15-12-23-13-16-27(20-23)29-10-4-6-18-31-29/h1-11,18-19,23-24,26-28H,12-17,20-22H2. The summed E-state index contributed by atoms with van der Waals surface area (Å²) < 4.78 is 0. The molecule has 162 valence electrons. The Morgan fingerprint density at radius 2 is 1.25 bits per heavy atom. The van der Waals surface area contributed by atoms with Gasteiger partial charge in [-0.2, -0.15) is 0 Å². The summed E-state index contributed by atoms with van der Waals surface area (Å²) in [6.45, 7) is 4.67. The van der Waals surface area contributed by atoms with E-state index >= 15 is 0 Å². The molecule has 2 heteroatoms. The number of hydrogen-bond acceptors (Lipinski definition) is 0. The van der Waals surface area contributed by atoms with Gasteiger partial charge in [0, 0.05) is 0 Å². The van der Waals surface area contributed by atoms with Crippen molar-refractivity contribution >= 4 is 13.8 Å². The van der Waals surface area contributed by atoms with E-state index in [1.54, 1.807) is 16.5 Å². The van der Waals surface area contributed by atoms with Crippen molar-refractivity contribution in [3.05, 3.63) is 95.1 Å². The van der Waals surface area contributed by atoms with Crippen LogP contribution in [0.4, 0.5) is 0 Å². The summed E-state index contributed by atoms with van der Waals surface area (Å²) in [5.41, 5.74) is 4.70. The zero-order chi connectivity index (χ0) is 21.6. The molecule has 2 fully saturated rings. The summed E-state index contributed by atoms with van der Waals surface area (Å²) in [7, 11) is 0. The first-order valence-corrected chi connectivity index (χ1v) is 13.0. The molecule has 5 rings (SSSR count). The Morgan fingerprint density at radius 3 is 1.88 bits per heavy atom. The molecule has 0 aliphatic heterocycles. The van der Waals surface area contributed by atoms with Crippen LogP contribution < -0.4 is 0 Å². The van der Waals surface area contributed by atoms with Crippen LogP contribution in [0.2, 0.25) is 0 Å². The molecule has 0 spiro atoms. The predicted molar refractivity (Wildman–Crippen MR) is 139 cm³/mol. The molecule has 0 saturated heterocycles. The van der Waals surface area contributed by atoms with Crippen molar-refractivity contribution < 1.29 is 0 Å². The van der Waals surface area contributed by atoms with Gasteiger partial charge in [0.1, 0.15) is 0 Å². The van der Waals surface area contributed by atoms with E-state index in [0.717, 1.165) is 29.6 Å². The van der Waals surface area contributed by atoms with Crippen LogP contribution in [0.5, 0.6) is 0 Å². The van der Waals surface area contributed by atoms with E-state index in [-0.39, 0.29) is 0 Å². The summed E-state index contributed by atoms with van der Waals surface area (Å²) in [4.78, 5) is 0. The van der Waals surface area contributed by atoms with Gasteiger partial charge < -0.3 is 0 Å². The van der Waals surface area contributed by atoms with Gasteiger partial charge in [0.25, 0.3) is 0 Å². The Hall–Kier alpha value is -1.95. The molecule has 0 bridgehead atoms. The Balaban J connectivity index is 1.19. The summed E-state index contributed by atoms with van der Waals surface area (Å²) >= 11 is 0. The monoisotopic (exact) mass is 418 g/mol. The molecule has 3 aromatic rings. The van der Waals surface area contributed by atoms with E-state index < -0.39 is 0 Å². The quantitative estimate of drug-likeness (QED) is 0.350. The topological polar surface area (TPSA) is 0 Å². The molecule has 2 aliphatic rings. The molecule has 0 radical (unpaired) electrons. The van der Waals surface area contributed by atoms with Gasteiger partial charge in [-0.3, -0.25) is 0 Å². The van der Waals surface area contributed by atoms with E-state index in [4.69, 9.17) is 0 Å². The third-order valence-electron chi connectivity index (χ3n) is 8.44. The molecule has 2 heterocycles. The molecular weight excluding hydrogens is 382 g/mol. The minimum atomic E-state index is 0.728. The fourth-order valence-electron chi connectivity index (χ4n) is 6.67. The zero-order valence-electron chi connectivity index (χ0n) is 19.4. The predicted octanol–water partition coefficient (Wildman–Crippen LogP) is 7.78. The van der Waals surface area contributed by atoms with E-state index in [1.807, 2.05) is 0 Å². The maximum absolute atomic E-state index is 2.38. The van der Waals surface area contributed by atoms with Gasteiger partial charge >= 0.3 is 196 Å². The second kappa shape index (κ2) is 10.8. The van der Waals surface area contributed by atoms with Gasteiger partial charge in [-0.05, 0) is 0 Å². The van der Waals surface area contributed by atoms with Crippen molar-refractivity contribution in [2.75, 3.05) is 0 Å². The van der Waals surface area contributed by atoms with Crippen LogP contribution in [0, 0.1) is 11.8 Å². The van der Waals surface area contributed by atoms with E-state index in [9.17, 15) is 0 Å². The fraction of sp³-hybridized carbons (Fsp3) is 0.467. The summed E-state index contributed by atoms with van der Waals surface area (Å²) in [5.74, 6) is 8.50. The Labute approximate surface area is 196 Å². The van der Waals surface area contributed by atoms with Crippen LogP contribution in [0.25, 0.3) is 0 Å². The first-order valence-electron chi connectivity index (χ1n) is 13.0. The number of hydrogen-bond donors (Lipinski definition) is 0. The number of benzene rings is 1. The minimum absolute atomic E-state index is 0.728. The molecule has 5 atom stereocenters. The molecule has 2 saturated carbocycles. The molecule has 2 aromatic heterocycles. The van der Waals surface area contributed by atoms with Crippen LogP contribution >= 0.6 is 0 Å². The van der Waals surface area contributed by atoms with Gasteiger partial charge in [0.15, 0.2) is 0 Å². The van der Waals surface area contributed by atoms with E-state index in [2.05, 4.69) is 92.5 Å². The SMILES string of the molecule is b1ccccc1C1CCC(CCC(CC2CCC(c3bcccc3)C2)c2ccccc2)C1. The average molecular weight is 418 g/mol. The van der Waals surface area contributed by atoms with Gasteiger partial charge in [-0.1, -0.05) is 0 Å². The van der Waals surface area contributed by atoms with E-state index in [1.165, 1.54) is 57.8 Å². The Morgan fingerprint density at radius 1 is 0.656 bits per heavy atom. The maximum atomic E-state index is 2.38. The van der Waals surface area contributed by atoms with Crippen molar-refractivity contribution in [3.63, 3.8) is 0 Å². The third kappa shape index (κ3) is 5.51. The summed E-state index contributed by atoms with van der Waals surface area (Å²) in [6, 6.07) is 24.8. The molecule has 32 heavy (non-hydrogen) atoms. The summed E-state index contributed by atoms with van der Waals surface area (Å²) in [5, 5.41) is 0. The van der Waals surface area contributed by atoms with Gasteiger partial charge in [0.05, 0.1) is 0 Å². The van der Waals surface area contributed by atoms with Crippen LogP contribution in [0.3, 0.4) is 0 Å². The van der Waals surface area contributed by atoms with Crippen molar-refractivity contribution in [2.45, 2.75) is 75.5 Å². The zero-order valence-corrected chi connectivity index (χ0v) is 19.4. The first-order chi connectivity index (χ1) is 15.8. The van der Waals surface area contributed by atoms with Gasteiger partial charge in [-0.25, -0.2) is 0 Å². The summed E-state index contributed by atoms with van der Waals surface area (Å²) in [6.07, 6.45) is 12.5. The van der Waals surface area contributed by atoms with Crippen molar-refractivity contribution in [2.24, 2.45) is 11.8 Å². The van der Waals surface area contributed by atoms with Crippen LogP contribution in [-0.2, 0) is 0 Å².